The van der Waals surface area contributed by atoms with Crippen LogP contribution in [0.1, 0.15) is 0 Å². The molecule has 0 radical (unpaired) electrons. The Balaban J connectivity index is -0.00000000500. The van der Waals surface area contributed by atoms with Gasteiger partial charge in [-0.25, -0.2) is 0 Å². The van der Waals surface area contributed by atoms with Crippen molar-refractivity contribution in [1.82, 2.24) is 0 Å². The molecule has 30 valence electrons. The van der Waals surface area contributed by atoms with E-state index in [0.29, 0.717) is 0 Å². The summed E-state index contributed by atoms with van der Waals surface area (Å²) in [5.74, 6) is 0. The predicted molar refractivity (Wildman–Crippen MR) is 29.9 cm³/mol. The average molecular weight is 143 g/mol. The SMILES string of the molecule is CO.S.[GeH4]. The molecule has 0 atom stereocenters. The van der Waals surface area contributed by atoms with E-state index in [0.717, 1.165) is 7.11 Å². The summed E-state index contributed by atoms with van der Waals surface area (Å²) in [7, 11) is 1.00. The normalized spacial score (nSPS) is 1.50. The Morgan fingerprint density at radius 3 is 1.25 bits per heavy atom. The molecule has 0 rings (SSSR count). The maximum absolute atomic E-state index is 7.00. The number of hydrogen-bond acceptors (Lipinski definition) is 1. The van der Waals surface area contributed by atoms with Crippen molar-refractivity contribution >= 4 is 31.1 Å². The van der Waals surface area contributed by atoms with Gasteiger partial charge in [0.05, 0.1) is 0 Å². The summed E-state index contributed by atoms with van der Waals surface area (Å²) in [5, 5.41) is 7.00. The van der Waals surface area contributed by atoms with E-state index in [2.05, 4.69) is 0 Å². The number of aliphatic hydroxyl groups is 1. The molecule has 0 bridgehead atoms. The molecule has 0 aromatic rings. The first-order chi connectivity index (χ1) is 1.00. The van der Waals surface area contributed by atoms with Crippen molar-refractivity contribution < 1.29 is 5.11 Å². The van der Waals surface area contributed by atoms with E-state index in [4.69, 9.17) is 5.11 Å². The summed E-state index contributed by atoms with van der Waals surface area (Å²) in [6.07, 6.45) is 0. The fourth-order valence-electron chi connectivity index (χ4n) is 0. The predicted octanol–water partition coefficient (Wildman–Crippen LogP) is -1.73. The van der Waals surface area contributed by atoms with E-state index in [1.165, 1.54) is 0 Å². The Kier molecular flexibility index (Phi) is 226. The summed E-state index contributed by atoms with van der Waals surface area (Å²) in [6, 6.07) is 0. The molecule has 0 amide bonds. The zero-order valence-electron chi connectivity index (χ0n) is 1.95. The van der Waals surface area contributed by atoms with Gasteiger partial charge in [-0.2, -0.15) is 13.5 Å². The Labute approximate surface area is 43.8 Å². The first-order valence-electron chi connectivity index (χ1n) is 0.447. The average Bonchev–Trinajstić information content (AvgIpc) is 1.00. The molecule has 0 fully saturated rings. The molecule has 0 aromatic heterocycles. The molecule has 0 spiro atoms. The third kappa shape index (κ3) is 13.5. The molecule has 0 aliphatic carbocycles. The first kappa shape index (κ1) is 21.0. The molecule has 1 nitrogen and oxygen atoms in total. The van der Waals surface area contributed by atoms with Crippen LogP contribution in [0.25, 0.3) is 0 Å². The van der Waals surface area contributed by atoms with Crippen molar-refractivity contribution in [1.29, 1.82) is 0 Å². The van der Waals surface area contributed by atoms with Gasteiger partial charge in [0.25, 0.3) is 0 Å². The fourth-order valence-corrected chi connectivity index (χ4v) is 0. The van der Waals surface area contributed by atoms with E-state index in [1.807, 2.05) is 0 Å². The monoisotopic (exact) mass is 144 g/mol. The fraction of sp³-hybridized carbons (Fsp3) is 1.00. The molecule has 3 heteroatoms. The van der Waals surface area contributed by atoms with E-state index in [-0.39, 0.29) is 31.1 Å². The van der Waals surface area contributed by atoms with Crippen LogP contribution in [0.3, 0.4) is 0 Å². The van der Waals surface area contributed by atoms with Crippen LogP contribution in [0.5, 0.6) is 0 Å². The van der Waals surface area contributed by atoms with Crippen LogP contribution in [0, 0.1) is 0 Å². The van der Waals surface area contributed by atoms with Gasteiger partial charge in [-0.1, -0.05) is 0 Å². The van der Waals surface area contributed by atoms with Gasteiger partial charge in [0.2, 0.25) is 0 Å². The van der Waals surface area contributed by atoms with Crippen molar-refractivity contribution in [2.45, 2.75) is 0 Å². The summed E-state index contributed by atoms with van der Waals surface area (Å²) in [4.78, 5) is 0. The first-order valence-corrected chi connectivity index (χ1v) is 0.447. The third-order valence-corrected chi connectivity index (χ3v) is 0. The minimum absolute atomic E-state index is 0. The van der Waals surface area contributed by atoms with Crippen molar-refractivity contribution in [2.75, 3.05) is 7.11 Å². The van der Waals surface area contributed by atoms with Gasteiger partial charge in [0.1, 0.15) is 0 Å². The van der Waals surface area contributed by atoms with Gasteiger partial charge >= 0.3 is 17.6 Å². The van der Waals surface area contributed by atoms with Crippen LogP contribution >= 0.6 is 13.5 Å². The summed E-state index contributed by atoms with van der Waals surface area (Å²) < 4.78 is 0. The summed E-state index contributed by atoms with van der Waals surface area (Å²) >= 11 is 0. The second kappa shape index (κ2) is 43.1. The van der Waals surface area contributed by atoms with E-state index >= 15 is 0 Å². The zero-order chi connectivity index (χ0) is 2.00. The molecule has 1 N–H and O–H groups in total. The molecule has 0 heterocycles. The number of rotatable bonds is 0. The van der Waals surface area contributed by atoms with Gasteiger partial charge in [-0.15, -0.1) is 0 Å². The minimum atomic E-state index is 0. The molecule has 0 aliphatic heterocycles. The molecule has 0 unspecified atom stereocenters. The number of hydrogen-bond donors (Lipinski definition) is 1. The molecule has 0 saturated heterocycles. The topological polar surface area (TPSA) is 20.2 Å². The van der Waals surface area contributed by atoms with Crippen molar-refractivity contribution in [3.05, 3.63) is 0 Å². The summed E-state index contributed by atoms with van der Waals surface area (Å²) in [5.41, 5.74) is 0. The Bertz CT molecular complexity index is 8.00. The van der Waals surface area contributed by atoms with Crippen LogP contribution < -0.4 is 0 Å². The van der Waals surface area contributed by atoms with Crippen LogP contribution in [-0.4, -0.2) is 29.8 Å². The third-order valence-electron chi connectivity index (χ3n) is 0. The molecule has 0 saturated carbocycles. The Hall–Kier alpha value is 0.853. The molecule has 0 aliphatic rings. The van der Waals surface area contributed by atoms with Crippen molar-refractivity contribution in [3.63, 3.8) is 0 Å². The zero-order valence-corrected chi connectivity index (χ0v) is 2.95. The van der Waals surface area contributed by atoms with Crippen molar-refractivity contribution in [2.24, 2.45) is 0 Å². The molecule has 4 heavy (non-hydrogen) atoms. The Morgan fingerprint density at radius 1 is 1.25 bits per heavy atom. The van der Waals surface area contributed by atoms with Gasteiger partial charge in [-0.05, 0) is 0 Å². The van der Waals surface area contributed by atoms with Gasteiger partial charge in [-0.3, -0.25) is 0 Å². The van der Waals surface area contributed by atoms with E-state index in [1.54, 1.807) is 0 Å². The standard InChI is InChI=1S/CH4O.GeH4.H2S/c1-2;;/h2H,1H3;1H4;1H2. The van der Waals surface area contributed by atoms with Crippen molar-refractivity contribution in [3.8, 4) is 0 Å². The van der Waals surface area contributed by atoms with E-state index in [9.17, 15) is 0 Å². The van der Waals surface area contributed by atoms with E-state index < -0.39 is 0 Å². The summed E-state index contributed by atoms with van der Waals surface area (Å²) in [6.45, 7) is 0. The van der Waals surface area contributed by atoms with Gasteiger partial charge in [0.15, 0.2) is 0 Å². The Morgan fingerprint density at radius 2 is 1.25 bits per heavy atom. The molecular formula is CH10GeOS. The van der Waals surface area contributed by atoms with Crippen LogP contribution in [-0.2, 0) is 0 Å². The number of aliphatic hydroxyl groups excluding tert-OH is 1. The second-order valence-corrected chi connectivity index (χ2v) is 0. The quantitative estimate of drug-likeness (QED) is 0.399. The second-order valence-electron chi connectivity index (χ2n) is 0. The van der Waals surface area contributed by atoms with Gasteiger partial charge in [0, 0.05) is 7.11 Å². The van der Waals surface area contributed by atoms with Crippen LogP contribution in [0.15, 0.2) is 0 Å². The molecular weight excluding hydrogens is 133 g/mol. The maximum atomic E-state index is 7.00. The van der Waals surface area contributed by atoms with Crippen LogP contribution in [0.4, 0.5) is 0 Å². The van der Waals surface area contributed by atoms with Gasteiger partial charge < -0.3 is 5.11 Å². The van der Waals surface area contributed by atoms with Crippen LogP contribution in [0.2, 0.25) is 0 Å². The molecule has 0 aromatic carbocycles.